The predicted octanol–water partition coefficient (Wildman–Crippen LogP) is 15.1. The highest BCUT2D eigenvalue weighted by Gasteiger charge is 2.25. The minimum atomic E-state index is 0.642. The monoisotopic (exact) mass is 788 g/mol. The fraction of sp³-hybridized carbons (Fsp3) is 0. The fourth-order valence-corrected chi connectivity index (χ4v) is 10.0. The second-order valence-corrected chi connectivity index (χ2v) is 16.1. The van der Waals surface area contributed by atoms with E-state index in [0.29, 0.717) is 5.95 Å². The Balaban J connectivity index is 1.18. The number of hydrogen-bond acceptors (Lipinski definition) is 2. The van der Waals surface area contributed by atoms with Crippen LogP contribution in [0.2, 0.25) is 0 Å². The van der Waals surface area contributed by atoms with Crippen molar-refractivity contribution in [3.63, 3.8) is 0 Å². The van der Waals surface area contributed by atoms with Crippen molar-refractivity contribution in [1.82, 2.24) is 19.1 Å². The molecular weight excluding hydrogens is 753 g/mol. The van der Waals surface area contributed by atoms with E-state index in [1.807, 2.05) is 0 Å². The second-order valence-electron chi connectivity index (χ2n) is 16.1. The minimum Gasteiger partial charge on any atom is -0.309 e. The highest BCUT2D eigenvalue weighted by Crippen LogP contribution is 2.47. The van der Waals surface area contributed by atoms with Crippen molar-refractivity contribution in [2.45, 2.75) is 0 Å². The molecule has 0 saturated carbocycles. The Morgan fingerprint density at radius 2 is 0.823 bits per heavy atom. The van der Waals surface area contributed by atoms with E-state index in [9.17, 15) is 0 Å². The SMILES string of the molecule is c1ccc(-c2cccc(-c3nc(-n4c5ccc6c(c7ccccc7n6-c6cccc(-c7ccccc7)c6)c5c5c6ccccc6c6ccccc6c54)nc4ccccc34)c2)cc1. The van der Waals surface area contributed by atoms with Gasteiger partial charge in [0.1, 0.15) is 0 Å². The van der Waals surface area contributed by atoms with Crippen LogP contribution in [0.3, 0.4) is 0 Å². The largest absolute Gasteiger partial charge is 0.309 e. The molecule has 13 aromatic rings. The molecule has 0 N–H and O–H groups in total. The van der Waals surface area contributed by atoms with Gasteiger partial charge in [-0.15, -0.1) is 0 Å². The highest BCUT2D eigenvalue weighted by molar-refractivity contribution is 6.38. The third-order valence-electron chi connectivity index (χ3n) is 12.7. The summed E-state index contributed by atoms with van der Waals surface area (Å²) in [5.74, 6) is 0.642. The Bertz CT molecular complexity index is 3920. The maximum absolute atomic E-state index is 5.62. The Morgan fingerprint density at radius 3 is 1.56 bits per heavy atom. The summed E-state index contributed by atoms with van der Waals surface area (Å²) in [5.41, 5.74) is 13.1. The lowest BCUT2D eigenvalue weighted by Gasteiger charge is -2.14. The Labute approximate surface area is 357 Å². The summed E-state index contributed by atoms with van der Waals surface area (Å²) in [6, 6.07) is 78.4. The zero-order chi connectivity index (χ0) is 40.7. The van der Waals surface area contributed by atoms with Crippen LogP contribution in [-0.2, 0) is 0 Å². The average Bonchev–Trinajstić information content (AvgIpc) is 3.88. The molecule has 3 heterocycles. The van der Waals surface area contributed by atoms with Crippen molar-refractivity contribution in [3.05, 3.63) is 218 Å². The van der Waals surface area contributed by atoms with Crippen LogP contribution in [0.25, 0.3) is 121 Å². The van der Waals surface area contributed by atoms with Crippen molar-refractivity contribution in [3.8, 4) is 45.1 Å². The first-order chi connectivity index (χ1) is 30.8. The van der Waals surface area contributed by atoms with Gasteiger partial charge in [0.25, 0.3) is 0 Å². The molecule has 4 nitrogen and oxygen atoms in total. The molecule has 62 heavy (non-hydrogen) atoms. The molecule has 4 heteroatoms. The van der Waals surface area contributed by atoms with Gasteiger partial charge in [-0.2, -0.15) is 0 Å². The molecule has 0 aliphatic heterocycles. The summed E-state index contributed by atoms with van der Waals surface area (Å²) in [7, 11) is 0. The Morgan fingerprint density at radius 1 is 0.290 bits per heavy atom. The van der Waals surface area contributed by atoms with Gasteiger partial charge in [0.05, 0.1) is 33.3 Å². The average molecular weight is 789 g/mol. The van der Waals surface area contributed by atoms with Gasteiger partial charge < -0.3 is 4.57 Å². The summed E-state index contributed by atoms with van der Waals surface area (Å²) in [6.45, 7) is 0. The molecule has 288 valence electrons. The number of rotatable bonds is 5. The lowest BCUT2D eigenvalue weighted by molar-refractivity contribution is 1.02. The van der Waals surface area contributed by atoms with Crippen LogP contribution in [0.15, 0.2) is 218 Å². The molecule has 0 fully saturated rings. The molecule has 0 aliphatic rings. The summed E-state index contributed by atoms with van der Waals surface area (Å²) in [6.07, 6.45) is 0. The van der Waals surface area contributed by atoms with Crippen LogP contribution in [0, 0.1) is 0 Å². The van der Waals surface area contributed by atoms with Crippen LogP contribution >= 0.6 is 0 Å². The normalized spacial score (nSPS) is 11.9. The molecule has 13 rings (SSSR count). The summed E-state index contributed by atoms with van der Waals surface area (Å²) >= 11 is 0. The van der Waals surface area contributed by atoms with Crippen LogP contribution in [0.1, 0.15) is 0 Å². The standard InChI is InChI=1S/C58H36N4/c1-3-17-37(18-4-1)39-21-15-23-41(35-39)56-47-29-11-13-31-49(47)59-58(60-56)62-52-34-33-51-53(55(52)54-45-27-9-7-25-43(45)44-26-8-10-28-46(44)57(54)62)48-30-12-14-32-50(48)61(51)42-24-16-22-40(36-42)38-19-5-2-6-20-38/h1-36H. The lowest BCUT2D eigenvalue weighted by Crippen LogP contribution is -2.04. The summed E-state index contributed by atoms with van der Waals surface area (Å²) in [5, 5.41) is 10.6. The van der Waals surface area contributed by atoms with Crippen molar-refractivity contribution in [1.29, 1.82) is 0 Å². The topological polar surface area (TPSA) is 35.6 Å². The zero-order valence-corrected chi connectivity index (χ0v) is 33.6. The third kappa shape index (κ3) is 5.14. The Kier molecular flexibility index (Phi) is 7.57. The number of aromatic nitrogens is 4. The van der Waals surface area contributed by atoms with Crippen LogP contribution in [0.4, 0.5) is 0 Å². The number of hydrogen-bond donors (Lipinski definition) is 0. The van der Waals surface area contributed by atoms with Gasteiger partial charge in [0.2, 0.25) is 5.95 Å². The van der Waals surface area contributed by atoms with Gasteiger partial charge in [0.15, 0.2) is 0 Å². The molecule has 0 aliphatic carbocycles. The molecule has 0 atom stereocenters. The van der Waals surface area contributed by atoms with Crippen molar-refractivity contribution in [2.24, 2.45) is 0 Å². The van der Waals surface area contributed by atoms with Gasteiger partial charge >= 0.3 is 0 Å². The molecule has 0 amide bonds. The zero-order valence-electron chi connectivity index (χ0n) is 33.6. The van der Waals surface area contributed by atoms with Gasteiger partial charge in [0, 0.05) is 43.6 Å². The predicted molar refractivity (Wildman–Crippen MR) is 260 cm³/mol. The van der Waals surface area contributed by atoms with Gasteiger partial charge in [-0.05, 0) is 80.9 Å². The number of para-hydroxylation sites is 2. The molecule has 0 saturated heterocycles. The van der Waals surface area contributed by atoms with Gasteiger partial charge in [-0.25, -0.2) is 9.97 Å². The molecule has 10 aromatic carbocycles. The molecule has 0 radical (unpaired) electrons. The third-order valence-corrected chi connectivity index (χ3v) is 12.7. The summed E-state index contributed by atoms with van der Waals surface area (Å²) in [4.78, 5) is 11.1. The Hall–Kier alpha value is -8.34. The number of nitrogens with zero attached hydrogens (tertiary/aromatic N) is 4. The molecule has 0 spiro atoms. The van der Waals surface area contributed by atoms with E-state index in [2.05, 4.69) is 228 Å². The van der Waals surface area contributed by atoms with Crippen molar-refractivity contribution in [2.75, 3.05) is 0 Å². The van der Waals surface area contributed by atoms with E-state index in [1.54, 1.807) is 0 Å². The highest BCUT2D eigenvalue weighted by atomic mass is 15.2. The van der Waals surface area contributed by atoms with Crippen LogP contribution in [-0.4, -0.2) is 19.1 Å². The first-order valence-electron chi connectivity index (χ1n) is 21.2. The number of fused-ring (bicyclic) bond motifs is 13. The fourth-order valence-electron chi connectivity index (χ4n) is 10.0. The summed E-state index contributed by atoms with van der Waals surface area (Å²) < 4.78 is 4.78. The molecule has 3 aromatic heterocycles. The van der Waals surface area contributed by atoms with E-state index in [4.69, 9.17) is 9.97 Å². The van der Waals surface area contributed by atoms with Crippen LogP contribution in [0.5, 0.6) is 0 Å². The van der Waals surface area contributed by atoms with E-state index in [-0.39, 0.29) is 0 Å². The van der Waals surface area contributed by atoms with E-state index in [0.717, 1.165) is 60.9 Å². The maximum Gasteiger partial charge on any atom is 0.235 e. The smallest absolute Gasteiger partial charge is 0.235 e. The lowest BCUT2D eigenvalue weighted by atomic mass is 9.95. The quantitative estimate of drug-likeness (QED) is 0.163. The van der Waals surface area contributed by atoms with Crippen molar-refractivity contribution >= 4 is 76.1 Å². The van der Waals surface area contributed by atoms with Gasteiger partial charge in [-0.3, -0.25) is 4.57 Å². The molecule has 0 bridgehead atoms. The van der Waals surface area contributed by atoms with Gasteiger partial charge in [-0.1, -0.05) is 176 Å². The maximum atomic E-state index is 5.62. The van der Waals surface area contributed by atoms with E-state index < -0.39 is 0 Å². The molecule has 0 unspecified atom stereocenters. The minimum absolute atomic E-state index is 0.642. The van der Waals surface area contributed by atoms with E-state index >= 15 is 0 Å². The second kappa shape index (κ2) is 13.6. The van der Waals surface area contributed by atoms with Crippen LogP contribution < -0.4 is 0 Å². The molecular formula is C58H36N4. The first-order valence-corrected chi connectivity index (χ1v) is 21.2. The number of benzene rings is 10. The first kappa shape index (κ1) is 34.5. The van der Waals surface area contributed by atoms with Crippen molar-refractivity contribution < 1.29 is 0 Å². The van der Waals surface area contributed by atoms with E-state index in [1.165, 1.54) is 54.4 Å².